The summed E-state index contributed by atoms with van der Waals surface area (Å²) in [7, 11) is 0. The first-order valence-electron chi connectivity index (χ1n) is 5.53. The number of hydrogen-bond acceptors (Lipinski definition) is 5. The van der Waals surface area contributed by atoms with E-state index in [0.29, 0.717) is 0 Å². The Morgan fingerprint density at radius 1 is 1.17 bits per heavy atom. The van der Waals surface area contributed by atoms with Crippen LogP contribution in [-0.4, -0.2) is 55.5 Å². The summed E-state index contributed by atoms with van der Waals surface area (Å²) in [5.74, 6) is -3.29. The topological polar surface area (TPSA) is 181 Å². The number of hydrogen-bond donors (Lipinski definition) is 6. The van der Waals surface area contributed by atoms with Crippen LogP contribution >= 0.6 is 0 Å². The van der Waals surface area contributed by atoms with Crippen molar-refractivity contribution in [3.05, 3.63) is 18.2 Å². The van der Waals surface area contributed by atoms with Crippen molar-refractivity contribution < 1.29 is 72.6 Å². The summed E-state index contributed by atoms with van der Waals surface area (Å²) in [6.45, 7) is 1.23. The Morgan fingerprint density at radius 3 is 1.96 bits per heavy atom. The third-order valence-corrected chi connectivity index (χ3v) is 3.92. The van der Waals surface area contributed by atoms with E-state index in [1.54, 1.807) is 0 Å². The van der Waals surface area contributed by atoms with Crippen molar-refractivity contribution >= 4 is 42.1 Å². The number of rotatable bonds is 4. The van der Waals surface area contributed by atoms with Gasteiger partial charge in [0, 0.05) is 0 Å². The number of carboxylic acids is 2. The minimum absolute atomic E-state index is 0. The summed E-state index contributed by atoms with van der Waals surface area (Å²) in [4.78, 5) is 29.6. The van der Waals surface area contributed by atoms with Crippen molar-refractivity contribution in [3.63, 3.8) is 0 Å². The molecule has 1 rings (SSSR count). The van der Waals surface area contributed by atoms with E-state index in [4.69, 9.17) is 18.4 Å². The van der Waals surface area contributed by atoms with Crippen LogP contribution in [-0.2, 0) is 18.1 Å². The van der Waals surface area contributed by atoms with Gasteiger partial charge < -0.3 is 11.6 Å². The van der Waals surface area contributed by atoms with Crippen LogP contribution in [0.15, 0.2) is 18.2 Å². The average molecular weight is 403 g/mol. The smallest absolute Gasteiger partial charge is 1.00 e. The molecule has 10 nitrogen and oxygen atoms in total. The van der Waals surface area contributed by atoms with Gasteiger partial charge in [-0.05, 0) is 0 Å². The number of anilines is 1. The molecular formula is C11H15AsNNaO9. The predicted octanol–water partition coefficient (Wildman–Crippen LogP) is -4.43. The molecule has 0 heterocycles. The third kappa shape index (κ3) is 11.0. The summed E-state index contributed by atoms with van der Waals surface area (Å²) in [6.07, 6.45) is -0.806. The standard InChI is InChI=1S/C8H10AsNO5.C3H4O4.Na.H/c1-5(11)10-7-4-6(9(13,14)15)2-3-8(7)12;4-2(5)1-3(6)7;;/h2-4,12H,1H3,(H,10,11)(H2,13,14,15);1H2,(H,4,5)(H,6,7);;/q;;+1;-1. The zero-order chi connectivity index (χ0) is 17.5. The summed E-state index contributed by atoms with van der Waals surface area (Å²) < 4.78 is 28.6. The van der Waals surface area contributed by atoms with Crippen LogP contribution in [0.25, 0.3) is 0 Å². The van der Waals surface area contributed by atoms with E-state index in [0.717, 1.165) is 18.2 Å². The van der Waals surface area contributed by atoms with Crippen LogP contribution in [0.3, 0.4) is 0 Å². The van der Waals surface area contributed by atoms with Crippen molar-refractivity contribution in [2.24, 2.45) is 0 Å². The second kappa shape index (κ2) is 10.5. The maximum absolute atomic E-state index is 10.9. The molecule has 0 aliphatic rings. The minimum atomic E-state index is -4.98. The number of carboxylic acid groups (broad SMARTS) is 2. The number of benzene rings is 1. The monoisotopic (exact) mass is 403 g/mol. The van der Waals surface area contributed by atoms with Crippen LogP contribution in [0.1, 0.15) is 14.8 Å². The number of carbonyl (C=O) groups is 3. The summed E-state index contributed by atoms with van der Waals surface area (Å²) in [5, 5.41) is 27.0. The molecule has 12 heteroatoms. The van der Waals surface area contributed by atoms with Crippen LogP contribution in [0.2, 0.25) is 0 Å². The van der Waals surface area contributed by atoms with Gasteiger partial charge in [-0.2, -0.15) is 0 Å². The normalized spacial score (nSPS) is 9.70. The van der Waals surface area contributed by atoms with E-state index in [9.17, 15) is 23.2 Å². The molecule has 0 atom stereocenters. The molecule has 23 heavy (non-hydrogen) atoms. The number of phenols is 1. The van der Waals surface area contributed by atoms with Gasteiger partial charge in [0.1, 0.15) is 6.42 Å². The fourth-order valence-electron chi connectivity index (χ4n) is 1.12. The maximum atomic E-state index is 10.9. The van der Waals surface area contributed by atoms with E-state index in [1.807, 2.05) is 0 Å². The third-order valence-electron chi connectivity index (χ3n) is 1.93. The molecule has 1 amide bonds. The van der Waals surface area contributed by atoms with Crippen molar-refractivity contribution in [1.29, 1.82) is 0 Å². The molecular weight excluding hydrogens is 388 g/mol. The fraction of sp³-hybridized carbons (Fsp3) is 0.182. The number of carbonyl (C=O) groups excluding carboxylic acids is 1. The number of amides is 1. The van der Waals surface area contributed by atoms with E-state index in [2.05, 4.69) is 5.32 Å². The van der Waals surface area contributed by atoms with Gasteiger partial charge in [-0.25, -0.2) is 0 Å². The van der Waals surface area contributed by atoms with E-state index >= 15 is 0 Å². The van der Waals surface area contributed by atoms with Crippen LogP contribution in [0.4, 0.5) is 5.69 Å². The predicted molar refractivity (Wildman–Crippen MR) is 73.9 cm³/mol. The fourth-order valence-corrected chi connectivity index (χ4v) is 2.31. The average Bonchev–Trinajstić information content (AvgIpc) is 2.28. The molecule has 6 N–H and O–H groups in total. The molecule has 0 aliphatic carbocycles. The molecule has 124 valence electrons. The summed E-state index contributed by atoms with van der Waals surface area (Å²) >= 11 is -4.98. The minimum Gasteiger partial charge on any atom is -1.00 e. The SMILES string of the molecule is CC(=O)Nc1cc([As](=O)(O)O)ccc1O.O=C(O)CC(=O)O.[H-].[Na+]. The van der Waals surface area contributed by atoms with Gasteiger partial charge in [0.2, 0.25) is 0 Å². The van der Waals surface area contributed by atoms with E-state index in [-0.39, 0.29) is 46.8 Å². The van der Waals surface area contributed by atoms with Gasteiger partial charge in [-0.1, -0.05) is 0 Å². The Morgan fingerprint density at radius 2 is 1.65 bits per heavy atom. The van der Waals surface area contributed by atoms with Gasteiger partial charge in [0.25, 0.3) is 0 Å². The first-order chi connectivity index (χ1) is 9.93. The van der Waals surface area contributed by atoms with Crippen molar-refractivity contribution in [1.82, 2.24) is 0 Å². The molecule has 0 radical (unpaired) electrons. The first-order valence-corrected chi connectivity index (χ1v) is 8.92. The number of nitrogens with one attached hydrogen (secondary N) is 1. The summed E-state index contributed by atoms with van der Waals surface area (Å²) in [5.41, 5.74) is -0.00951. The quantitative estimate of drug-likeness (QED) is 0.164. The van der Waals surface area contributed by atoms with Crippen LogP contribution in [0.5, 0.6) is 5.75 Å². The van der Waals surface area contributed by atoms with Gasteiger partial charge in [0.15, 0.2) is 0 Å². The van der Waals surface area contributed by atoms with E-state index in [1.165, 1.54) is 6.92 Å². The summed E-state index contributed by atoms with van der Waals surface area (Å²) in [6, 6.07) is 3.32. The molecule has 0 saturated carbocycles. The second-order valence-electron chi connectivity index (χ2n) is 3.89. The van der Waals surface area contributed by atoms with Crippen LogP contribution in [0, 0.1) is 0 Å². The zero-order valence-corrected chi connectivity index (χ0v) is 16.1. The molecule has 0 aliphatic heterocycles. The van der Waals surface area contributed by atoms with Gasteiger partial charge >= 0.3 is 130 Å². The molecule has 0 spiro atoms. The van der Waals surface area contributed by atoms with Gasteiger partial charge in [-0.15, -0.1) is 0 Å². The Balaban J connectivity index is -0.000000424. The molecule has 0 saturated heterocycles. The number of aromatic hydroxyl groups is 1. The maximum Gasteiger partial charge on any atom is 1.00 e. The Kier molecular flexibility index (Phi) is 10.9. The molecule has 0 unspecified atom stereocenters. The van der Waals surface area contributed by atoms with Crippen LogP contribution < -0.4 is 39.2 Å². The number of aliphatic carboxylic acids is 2. The van der Waals surface area contributed by atoms with Crippen molar-refractivity contribution in [3.8, 4) is 5.75 Å². The molecule has 0 bridgehead atoms. The molecule has 0 aromatic heterocycles. The second-order valence-corrected chi connectivity index (χ2v) is 7.26. The van der Waals surface area contributed by atoms with Crippen molar-refractivity contribution in [2.75, 3.05) is 5.32 Å². The van der Waals surface area contributed by atoms with E-state index < -0.39 is 38.4 Å². The van der Waals surface area contributed by atoms with Gasteiger partial charge in [0.05, 0.1) is 0 Å². The molecule has 0 fully saturated rings. The zero-order valence-electron chi connectivity index (χ0n) is 13.3. The Hall–Kier alpha value is -1.29. The Labute approximate surface area is 156 Å². The Bertz CT molecular complexity index is 622. The van der Waals surface area contributed by atoms with Gasteiger partial charge in [-0.3, -0.25) is 9.59 Å². The molecule has 1 aromatic carbocycles. The van der Waals surface area contributed by atoms with Crippen molar-refractivity contribution in [2.45, 2.75) is 13.3 Å². The first kappa shape index (κ1) is 24.0. The number of phenolic OH excluding ortho intramolecular Hbond substituents is 1. The molecule has 1 aromatic rings. The largest absolute Gasteiger partial charge is 1.00 e.